The monoisotopic (exact) mass is 330 g/mol. The number of rotatable bonds is 3. The van der Waals surface area contributed by atoms with E-state index >= 15 is 0 Å². The van der Waals surface area contributed by atoms with Crippen molar-refractivity contribution in [1.82, 2.24) is 29.4 Å². The summed E-state index contributed by atoms with van der Waals surface area (Å²) in [6.07, 6.45) is 3.82. The molecule has 3 heterocycles. The molecule has 7 nitrogen and oxygen atoms in total. The number of carbonyl (C=O) groups excluding carboxylic acids is 1. The first-order valence-corrected chi connectivity index (χ1v) is 8.59. The van der Waals surface area contributed by atoms with Gasteiger partial charge in [-0.1, -0.05) is 0 Å². The highest BCUT2D eigenvalue weighted by Crippen LogP contribution is 2.28. The van der Waals surface area contributed by atoms with E-state index in [1.165, 1.54) is 0 Å². The minimum Gasteiger partial charge on any atom is -0.338 e. The quantitative estimate of drug-likeness (QED) is 0.865. The zero-order chi connectivity index (χ0) is 17.4. The molecule has 0 N–H and O–H groups in total. The van der Waals surface area contributed by atoms with Gasteiger partial charge in [-0.05, 0) is 40.5 Å². The number of aromatic nitrogens is 5. The fraction of sp³-hybridized carbons (Fsp3) is 0.647. The Labute approximate surface area is 142 Å². The average molecular weight is 330 g/mol. The van der Waals surface area contributed by atoms with Gasteiger partial charge in [0.05, 0.1) is 11.3 Å². The van der Waals surface area contributed by atoms with Crippen LogP contribution in [0, 0.1) is 13.8 Å². The lowest BCUT2D eigenvalue weighted by atomic mass is 9.96. The van der Waals surface area contributed by atoms with Crippen LogP contribution in [0.3, 0.4) is 0 Å². The number of aryl methyl sites for hydroxylation is 2. The van der Waals surface area contributed by atoms with E-state index in [4.69, 9.17) is 0 Å². The van der Waals surface area contributed by atoms with Crippen molar-refractivity contribution < 1.29 is 4.79 Å². The minimum absolute atomic E-state index is 0.0819. The number of carbonyl (C=O) groups is 1. The Morgan fingerprint density at radius 1 is 1.33 bits per heavy atom. The third kappa shape index (κ3) is 2.83. The summed E-state index contributed by atoms with van der Waals surface area (Å²) in [5, 5.41) is 12.8. The molecule has 1 amide bonds. The van der Waals surface area contributed by atoms with Gasteiger partial charge in [-0.3, -0.25) is 9.48 Å². The van der Waals surface area contributed by atoms with Crippen molar-refractivity contribution in [2.45, 2.75) is 52.5 Å². The van der Waals surface area contributed by atoms with Crippen LogP contribution in [-0.4, -0.2) is 48.4 Å². The fourth-order valence-electron chi connectivity index (χ4n) is 3.56. The number of piperidine rings is 1. The van der Waals surface area contributed by atoms with Crippen LogP contribution in [0.5, 0.6) is 0 Å². The molecule has 0 bridgehead atoms. The second-order valence-corrected chi connectivity index (χ2v) is 6.95. The normalized spacial score (nSPS) is 18.4. The molecule has 1 aliphatic rings. The summed E-state index contributed by atoms with van der Waals surface area (Å²) in [5.74, 6) is 1.31. The molecular weight excluding hydrogens is 304 g/mol. The van der Waals surface area contributed by atoms with Gasteiger partial charge in [-0.25, -0.2) is 0 Å². The number of hydrogen-bond donors (Lipinski definition) is 0. The Bertz CT molecular complexity index is 744. The van der Waals surface area contributed by atoms with Crippen molar-refractivity contribution in [2.75, 3.05) is 13.1 Å². The van der Waals surface area contributed by atoms with Gasteiger partial charge in [-0.2, -0.15) is 5.10 Å². The number of amides is 1. The van der Waals surface area contributed by atoms with Crippen molar-refractivity contribution in [1.29, 1.82) is 0 Å². The smallest absolute Gasteiger partial charge is 0.257 e. The van der Waals surface area contributed by atoms with Gasteiger partial charge in [0.15, 0.2) is 0 Å². The van der Waals surface area contributed by atoms with Gasteiger partial charge < -0.3 is 9.47 Å². The highest BCUT2D eigenvalue weighted by Gasteiger charge is 2.31. The highest BCUT2D eigenvalue weighted by molar-refractivity contribution is 5.96. The van der Waals surface area contributed by atoms with Crippen LogP contribution < -0.4 is 0 Å². The Morgan fingerprint density at radius 2 is 2.08 bits per heavy atom. The molecule has 130 valence electrons. The molecule has 1 aliphatic heterocycles. The standard InChI is InChI=1S/C17H26N6O/c1-11(2)23-10-18-19-16(23)14-7-6-8-22(9-14)17(24)15-12(3)20-21(5)13(15)4/h10-11,14H,6-9H2,1-5H3. The number of likely N-dealkylation sites (tertiary alicyclic amines) is 1. The Kier molecular flexibility index (Phi) is 4.43. The molecule has 0 saturated carbocycles. The van der Waals surface area contributed by atoms with Crippen LogP contribution in [0.2, 0.25) is 0 Å². The van der Waals surface area contributed by atoms with Crippen molar-refractivity contribution in [3.8, 4) is 0 Å². The van der Waals surface area contributed by atoms with E-state index in [0.29, 0.717) is 12.6 Å². The molecule has 0 aliphatic carbocycles. The van der Waals surface area contributed by atoms with Gasteiger partial charge in [0.1, 0.15) is 12.2 Å². The lowest BCUT2D eigenvalue weighted by Gasteiger charge is -2.33. The Morgan fingerprint density at radius 3 is 2.71 bits per heavy atom. The third-order valence-corrected chi connectivity index (χ3v) is 4.95. The SMILES string of the molecule is Cc1nn(C)c(C)c1C(=O)N1CCCC(c2nncn2C(C)C)C1. The summed E-state index contributed by atoms with van der Waals surface area (Å²) >= 11 is 0. The highest BCUT2D eigenvalue weighted by atomic mass is 16.2. The van der Waals surface area contributed by atoms with Crippen molar-refractivity contribution in [3.05, 3.63) is 29.1 Å². The van der Waals surface area contributed by atoms with E-state index in [9.17, 15) is 4.79 Å². The maximum atomic E-state index is 13.0. The molecule has 1 fully saturated rings. The van der Waals surface area contributed by atoms with E-state index in [0.717, 1.165) is 42.2 Å². The first-order valence-electron chi connectivity index (χ1n) is 8.59. The van der Waals surface area contributed by atoms with Crippen LogP contribution in [0.15, 0.2) is 6.33 Å². The van der Waals surface area contributed by atoms with Gasteiger partial charge in [0, 0.05) is 37.8 Å². The summed E-state index contributed by atoms with van der Waals surface area (Å²) in [6.45, 7) is 9.58. The molecule has 0 spiro atoms. The predicted molar refractivity (Wildman–Crippen MR) is 91.0 cm³/mol. The van der Waals surface area contributed by atoms with Gasteiger partial charge in [0.25, 0.3) is 5.91 Å². The number of hydrogen-bond acceptors (Lipinski definition) is 4. The van der Waals surface area contributed by atoms with Crippen LogP contribution in [0.1, 0.15) is 66.2 Å². The first kappa shape index (κ1) is 16.7. The van der Waals surface area contributed by atoms with E-state index < -0.39 is 0 Å². The summed E-state index contributed by atoms with van der Waals surface area (Å²) in [5.41, 5.74) is 2.46. The average Bonchev–Trinajstić information content (AvgIpc) is 3.13. The zero-order valence-corrected chi connectivity index (χ0v) is 15.2. The van der Waals surface area contributed by atoms with E-state index in [-0.39, 0.29) is 11.8 Å². The second kappa shape index (κ2) is 6.37. The molecule has 0 radical (unpaired) electrons. The van der Waals surface area contributed by atoms with E-state index in [1.807, 2.05) is 25.8 Å². The summed E-state index contributed by atoms with van der Waals surface area (Å²) in [6, 6.07) is 0.323. The van der Waals surface area contributed by atoms with Gasteiger partial charge >= 0.3 is 0 Å². The molecule has 0 aromatic carbocycles. The molecule has 2 aromatic rings. The zero-order valence-electron chi connectivity index (χ0n) is 15.2. The van der Waals surface area contributed by atoms with Crippen LogP contribution in [-0.2, 0) is 7.05 Å². The predicted octanol–water partition coefficient (Wildman–Crippen LogP) is 2.23. The molecule has 7 heteroatoms. The van der Waals surface area contributed by atoms with Crippen molar-refractivity contribution >= 4 is 5.91 Å². The van der Waals surface area contributed by atoms with Crippen LogP contribution >= 0.6 is 0 Å². The molecule has 2 aromatic heterocycles. The number of nitrogens with zero attached hydrogens (tertiary/aromatic N) is 6. The summed E-state index contributed by atoms with van der Waals surface area (Å²) < 4.78 is 3.89. The van der Waals surface area contributed by atoms with Crippen LogP contribution in [0.4, 0.5) is 0 Å². The second-order valence-electron chi connectivity index (χ2n) is 6.95. The van der Waals surface area contributed by atoms with Crippen molar-refractivity contribution in [2.24, 2.45) is 7.05 Å². The van der Waals surface area contributed by atoms with Crippen molar-refractivity contribution in [3.63, 3.8) is 0 Å². The van der Waals surface area contributed by atoms with Gasteiger partial charge in [-0.15, -0.1) is 10.2 Å². The molecule has 1 saturated heterocycles. The topological polar surface area (TPSA) is 68.8 Å². The molecule has 1 unspecified atom stereocenters. The van der Waals surface area contributed by atoms with E-state index in [2.05, 4.69) is 33.7 Å². The lowest BCUT2D eigenvalue weighted by molar-refractivity contribution is 0.0701. The molecule has 3 rings (SSSR count). The first-order chi connectivity index (χ1) is 11.4. The fourth-order valence-corrected chi connectivity index (χ4v) is 3.56. The summed E-state index contributed by atoms with van der Waals surface area (Å²) in [4.78, 5) is 15.0. The lowest BCUT2D eigenvalue weighted by Crippen LogP contribution is -2.40. The minimum atomic E-state index is 0.0819. The largest absolute Gasteiger partial charge is 0.338 e. The Hall–Kier alpha value is -2.18. The van der Waals surface area contributed by atoms with Gasteiger partial charge in [0.2, 0.25) is 0 Å². The van der Waals surface area contributed by atoms with E-state index in [1.54, 1.807) is 11.0 Å². The van der Waals surface area contributed by atoms with Crippen LogP contribution in [0.25, 0.3) is 0 Å². The maximum Gasteiger partial charge on any atom is 0.257 e. The Balaban J connectivity index is 1.83. The molecule has 24 heavy (non-hydrogen) atoms. The summed E-state index contributed by atoms with van der Waals surface area (Å²) in [7, 11) is 1.88. The molecule has 1 atom stereocenters. The third-order valence-electron chi connectivity index (χ3n) is 4.95. The maximum absolute atomic E-state index is 13.0. The molecular formula is C17H26N6O.